The van der Waals surface area contributed by atoms with Crippen LogP contribution in [0, 0.1) is 0 Å². The maximum Gasteiger partial charge on any atom is 0.319 e. The number of benzene rings is 1. The van der Waals surface area contributed by atoms with Crippen molar-refractivity contribution in [1.82, 2.24) is 0 Å². The van der Waals surface area contributed by atoms with Gasteiger partial charge in [0.1, 0.15) is 0 Å². The Kier molecular flexibility index (Phi) is 2.95. The van der Waals surface area contributed by atoms with Crippen molar-refractivity contribution >= 4 is 11.7 Å². The van der Waals surface area contributed by atoms with Crippen molar-refractivity contribution in [3.63, 3.8) is 0 Å². The Labute approximate surface area is 95.6 Å². The molecule has 0 aliphatic carbocycles. The minimum Gasteiger partial charge on any atom is -0.351 e. The van der Waals surface area contributed by atoms with Crippen LogP contribution < -0.4 is 10.6 Å². The zero-order valence-electron chi connectivity index (χ0n) is 9.28. The lowest BCUT2D eigenvalue weighted by Gasteiger charge is -2.30. The Hall–Kier alpha value is -1.77. The molecule has 3 nitrogen and oxygen atoms in total. The monoisotopic (exact) mass is 216 g/mol. The van der Waals surface area contributed by atoms with Gasteiger partial charge in [-0.05, 0) is 30.4 Å². The molecule has 2 rings (SSSR count). The van der Waals surface area contributed by atoms with E-state index < -0.39 is 0 Å². The molecule has 0 unspecified atom stereocenters. The highest BCUT2D eigenvalue weighted by Gasteiger charge is 2.22. The number of anilines is 1. The van der Waals surface area contributed by atoms with Gasteiger partial charge in [0.25, 0.3) is 0 Å². The number of fused-ring (bicyclic) bond motifs is 1. The van der Waals surface area contributed by atoms with Gasteiger partial charge in [-0.2, -0.15) is 0 Å². The summed E-state index contributed by atoms with van der Waals surface area (Å²) in [5.41, 5.74) is 8.75. The first-order valence-electron chi connectivity index (χ1n) is 5.52. The highest BCUT2D eigenvalue weighted by atomic mass is 16.2. The molecule has 2 amide bonds. The molecule has 84 valence electrons. The molecule has 1 aromatic carbocycles. The van der Waals surface area contributed by atoms with E-state index in [4.69, 9.17) is 5.73 Å². The summed E-state index contributed by atoms with van der Waals surface area (Å²) in [4.78, 5) is 13.1. The molecule has 1 aliphatic heterocycles. The maximum absolute atomic E-state index is 11.4. The lowest BCUT2D eigenvalue weighted by atomic mass is 9.96. The first kappa shape index (κ1) is 10.7. The second kappa shape index (κ2) is 4.39. The average Bonchev–Trinajstić information content (AvgIpc) is 2.29. The SMILES string of the molecule is C=CCc1cccc2c1N(C(N)=O)CCC2. The predicted octanol–water partition coefficient (Wildman–Crippen LogP) is 2.25. The van der Waals surface area contributed by atoms with Crippen molar-refractivity contribution in [3.05, 3.63) is 42.0 Å². The highest BCUT2D eigenvalue weighted by Crippen LogP contribution is 2.31. The zero-order chi connectivity index (χ0) is 11.5. The van der Waals surface area contributed by atoms with E-state index in [1.807, 2.05) is 18.2 Å². The quantitative estimate of drug-likeness (QED) is 0.757. The second-order valence-corrected chi connectivity index (χ2v) is 4.01. The van der Waals surface area contributed by atoms with Crippen LogP contribution in [0.1, 0.15) is 17.5 Å². The fourth-order valence-electron chi connectivity index (χ4n) is 2.27. The molecule has 1 aliphatic rings. The van der Waals surface area contributed by atoms with Crippen LogP contribution in [-0.4, -0.2) is 12.6 Å². The van der Waals surface area contributed by atoms with Crippen molar-refractivity contribution in [1.29, 1.82) is 0 Å². The van der Waals surface area contributed by atoms with Crippen LogP contribution in [0.4, 0.5) is 10.5 Å². The van der Waals surface area contributed by atoms with Gasteiger partial charge < -0.3 is 5.73 Å². The summed E-state index contributed by atoms with van der Waals surface area (Å²) in [6.45, 7) is 4.46. The highest BCUT2D eigenvalue weighted by molar-refractivity contribution is 5.93. The summed E-state index contributed by atoms with van der Waals surface area (Å²) in [5.74, 6) is 0. The second-order valence-electron chi connectivity index (χ2n) is 4.01. The van der Waals surface area contributed by atoms with E-state index in [1.54, 1.807) is 4.90 Å². The molecule has 1 heterocycles. The molecule has 0 spiro atoms. The molecule has 16 heavy (non-hydrogen) atoms. The van der Waals surface area contributed by atoms with Crippen molar-refractivity contribution in [2.24, 2.45) is 5.73 Å². The van der Waals surface area contributed by atoms with E-state index in [9.17, 15) is 4.79 Å². The number of aryl methyl sites for hydroxylation is 1. The van der Waals surface area contributed by atoms with Gasteiger partial charge in [-0.25, -0.2) is 4.79 Å². The number of carbonyl (C=O) groups excluding carboxylic acids is 1. The Balaban J connectivity index is 2.50. The van der Waals surface area contributed by atoms with Crippen LogP contribution in [0.5, 0.6) is 0 Å². The van der Waals surface area contributed by atoms with E-state index >= 15 is 0 Å². The minimum atomic E-state index is -0.363. The number of primary amides is 1. The number of nitrogens with zero attached hydrogens (tertiary/aromatic N) is 1. The summed E-state index contributed by atoms with van der Waals surface area (Å²) in [6.07, 6.45) is 4.62. The molecule has 0 bridgehead atoms. The summed E-state index contributed by atoms with van der Waals surface area (Å²) in [5, 5.41) is 0. The largest absolute Gasteiger partial charge is 0.351 e. The smallest absolute Gasteiger partial charge is 0.319 e. The Bertz CT molecular complexity index is 426. The van der Waals surface area contributed by atoms with E-state index in [0.717, 1.165) is 37.1 Å². The predicted molar refractivity (Wildman–Crippen MR) is 65.6 cm³/mol. The first-order chi connectivity index (χ1) is 7.74. The maximum atomic E-state index is 11.4. The average molecular weight is 216 g/mol. The lowest BCUT2D eigenvalue weighted by molar-refractivity contribution is 0.253. The van der Waals surface area contributed by atoms with Crippen LogP contribution in [0.25, 0.3) is 0 Å². The third-order valence-electron chi connectivity index (χ3n) is 2.93. The summed E-state index contributed by atoms with van der Waals surface area (Å²) in [6, 6.07) is 5.76. The van der Waals surface area contributed by atoms with E-state index in [1.165, 1.54) is 5.56 Å². The van der Waals surface area contributed by atoms with Gasteiger partial charge in [-0.15, -0.1) is 6.58 Å². The van der Waals surface area contributed by atoms with E-state index in [2.05, 4.69) is 12.6 Å². The van der Waals surface area contributed by atoms with Crippen molar-refractivity contribution in [3.8, 4) is 0 Å². The van der Waals surface area contributed by atoms with Crippen LogP contribution >= 0.6 is 0 Å². The Morgan fingerprint density at radius 2 is 2.38 bits per heavy atom. The number of urea groups is 1. The number of hydrogen-bond donors (Lipinski definition) is 1. The summed E-state index contributed by atoms with van der Waals surface area (Å²) < 4.78 is 0. The van der Waals surface area contributed by atoms with Crippen LogP contribution in [0.3, 0.4) is 0 Å². The topological polar surface area (TPSA) is 46.3 Å². The van der Waals surface area contributed by atoms with Crippen molar-refractivity contribution in [2.75, 3.05) is 11.4 Å². The number of rotatable bonds is 2. The molecule has 1 aromatic rings. The van der Waals surface area contributed by atoms with Crippen LogP contribution in [0.2, 0.25) is 0 Å². The molecule has 0 radical (unpaired) electrons. The van der Waals surface area contributed by atoms with E-state index in [0.29, 0.717) is 0 Å². The number of nitrogens with two attached hydrogens (primary N) is 1. The normalized spacial score (nSPS) is 14.4. The van der Waals surface area contributed by atoms with Gasteiger partial charge in [0.05, 0.1) is 5.69 Å². The third kappa shape index (κ3) is 1.81. The van der Waals surface area contributed by atoms with Crippen LogP contribution in [-0.2, 0) is 12.8 Å². The van der Waals surface area contributed by atoms with Gasteiger partial charge in [0.2, 0.25) is 0 Å². The molecule has 0 fully saturated rings. The van der Waals surface area contributed by atoms with E-state index in [-0.39, 0.29) is 6.03 Å². The number of allylic oxidation sites excluding steroid dienone is 1. The Morgan fingerprint density at radius 1 is 1.56 bits per heavy atom. The zero-order valence-corrected chi connectivity index (χ0v) is 9.28. The molecule has 0 saturated carbocycles. The molecule has 0 atom stereocenters. The van der Waals surface area contributed by atoms with Gasteiger partial charge in [0.15, 0.2) is 0 Å². The number of carbonyl (C=O) groups is 1. The first-order valence-corrected chi connectivity index (χ1v) is 5.52. The van der Waals surface area contributed by atoms with Crippen molar-refractivity contribution in [2.45, 2.75) is 19.3 Å². The van der Waals surface area contributed by atoms with Gasteiger partial charge in [-0.1, -0.05) is 24.3 Å². The number of amides is 2. The summed E-state index contributed by atoms with van der Waals surface area (Å²) in [7, 11) is 0. The fraction of sp³-hybridized carbons (Fsp3) is 0.308. The molecule has 0 aromatic heterocycles. The van der Waals surface area contributed by atoms with Gasteiger partial charge in [0, 0.05) is 6.54 Å². The minimum absolute atomic E-state index is 0.363. The fourth-order valence-corrected chi connectivity index (χ4v) is 2.27. The number of hydrogen-bond acceptors (Lipinski definition) is 1. The molecule has 0 saturated heterocycles. The van der Waals surface area contributed by atoms with Crippen LogP contribution in [0.15, 0.2) is 30.9 Å². The molecular formula is C13H16N2O. The standard InChI is InChI=1S/C13H16N2O/c1-2-5-10-6-3-7-11-8-4-9-15(12(10)11)13(14)16/h2-3,6-7H,1,4-5,8-9H2,(H2,14,16). The lowest BCUT2D eigenvalue weighted by Crippen LogP contribution is -2.40. The molecular weight excluding hydrogens is 200 g/mol. The Morgan fingerprint density at radius 3 is 3.06 bits per heavy atom. The van der Waals surface area contributed by atoms with Gasteiger partial charge in [-0.3, -0.25) is 4.90 Å². The van der Waals surface area contributed by atoms with Gasteiger partial charge >= 0.3 is 6.03 Å². The number of para-hydroxylation sites is 1. The molecule has 2 N–H and O–H groups in total. The van der Waals surface area contributed by atoms with Crippen molar-refractivity contribution < 1.29 is 4.79 Å². The summed E-state index contributed by atoms with van der Waals surface area (Å²) >= 11 is 0. The molecule has 3 heteroatoms. The third-order valence-corrected chi connectivity index (χ3v) is 2.93.